The molecule has 298 valence electrons. The van der Waals surface area contributed by atoms with Crippen LogP contribution in [0.4, 0.5) is 14.5 Å². The maximum Gasteiger partial charge on any atom is 0.282 e. The summed E-state index contributed by atoms with van der Waals surface area (Å²) in [5, 5.41) is 3.04. The van der Waals surface area contributed by atoms with Crippen molar-refractivity contribution < 1.29 is 23.2 Å². The van der Waals surface area contributed by atoms with Gasteiger partial charge in [-0.2, -0.15) is 4.98 Å². The van der Waals surface area contributed by atoms with Gasteiger partial charge in [0.1, 0.15) is 17.5 Å². The van der Waals surface area contributed by atoms with Crippen molar-refractivity contribution in [3.8, 4) is 5.69 Å². The van der Waals surface area contributed by atoms with Crippen molar-refractivity contribution >= 4 is 45.9 Å². The molecule has 4 saturated heterocycles. The molecule has 1 unspecified atom stereocenters. The molecular weight excluding hydrogens is 750 g/mol. The fraction of sp³-hybridized carbons (Fsp3) is 0.477. The lowest BCUT2D eigenvalue weighted by Crippen LogP contribution is -2.45. The van der Waals surface area contributed by atoms with Gasteiger partial charge in [0.05, 0.1) is 38.9 Å². The SMILES string of the molecule is CC1(C)c2ccc(C3CCN(CC4CCN(C(=O)[C@@H]5CCN(c6cc(F)c(C7CCC(=O)NC7=O)c(F)c6)C5)CC4)CC3)cc2-n2c1nc(=O)c1c(Cl)cccc12. The topological polar surface area (TPSA) is 108 Å². The van der Waals surface area contributed by atoms with Crippen LogP contribution in [-0.4, -0.2) is 82.9 Å². The zero-order valence-corrected chi connectivity index (χ0v) is 33.1. The zero-order valence-electron chi connectivity index (χ0n) is 32.3. The number of imide groups is 1. The molecule has 3 aromatic carbocycles. The molecule has 0 bridgehead atoms. The standard InChI is InChI=1S/C44H47ClF2N6O4/c1-44(2)31-8-6-27(20-36(31)53-35-5-3-4-32(45)39(35)41(56)49-43(44)53)26-12-15-50(16-13-26)23-25-10-17-51(18-11-25)42(57)28-14-19-52(24-28)29-21-33(46)38(34(47)22-29)30-7-9-37(54)48-40(30)55/h3-6,8,20-22,25-26,28,30H,7,9-19,23-24H2,1-2H3,(H,48,54,55)/t28-,30?/m1/s1. The Morgan fingerprint density at radius 3 is 2.37 bits per heavy atom. The molecular formula is C44H47ClF2N6O4. The van der Waals surface area contributed by atoms with Gasteiger partial charge >= 0.3 is 0 Å². The number of nitrogens with one attached hydrogen (secondary N) is 1. The highest BCUT2D eigenvalue weighted by molar-refractivity contribution is 6.35. The maximum absolute atomic E-state index is 15.2. The number of carbonyl (C=O) groups is 3. The van der Waals surface area contributed by atoms with E-state index >= 15 is 8.78 Å². The molecule has 13 heteroatoms. The number of fused-ring (bicyclic) bond motifs is 5. The quantitative estimate of drug-likeness (QED) is 0.225. The third kappa shape index (κ3) is 6.72. The molecule has 0 radical (unpaired) electrons. The Labute approximate surface area is 335 Å². The Bertz CT molecular complexity index is 2340. The molecule has 4 fully saturated rings. The van der Waals surface area contributed by atoms with Crippen LogP contribution in [0.15, 0.2) is 53.3 Å². The smallest absolute Gasteiger partial charge is 0.282 e. The van der Waals surface area contributed by atoms with E-state index in [9.17, 15) is 19.2 Å². The molecule has 4 aromatic rings. The number of carbonyl (C=O) groups excluding carboxylic acids is 3. The first-order valence-corrected chi connectivity index (χ1v) is 20.7. The summed E-state index contributed by atoms with van der Waals surface area (Å²) in [6.07, 6.45) is 4.75. The van der Waals surface area contributed by atoms with Gasteiger partial charge in [-0.15, -0.1) is 0 Å². The summed E-state index contributed by atoms with van der Waals surface area (Å²) in [5.74, 6) is -2.22. The lowest BCUT2D eigenvalue weighted by atomic mass is 9.82. The number of halogens is 3. The van der Waals surface area contributed by atoms with Crippen molar-refractivity contribution in [2.45, 2.75) is 76.0 Å². The summed E-state index contributed by atoms with van der Waals surface area (Å²) >= 11 is 6.50. The molecule has 9 rings (SSSR count). The molecule has 5 aliphatic heterocycles. The number of benzene rings is 3. The van der Waals surface area contributed by atoms with Gasteiger partial charge < -0.3 is 14.7 Å². The molecule has 1 aromatic heterocycles. The molecule has 10 nitrogen and oxygen atoms in total. The van der Waals surface area contributed by atoms with Crippen LogP contribution in [0.3, 0.4) is 0 Å². The predicted octanol–water partition coefficient (Wildman–Crippen LogP) is 6.42. The fourth-order valence-electron chi connectivity index (χ4n) is 10.2. The van der Waals surface area contributed by atoms with E-state index in [2.05, 4.69) is 51.8 Å². The van der Waals surface area contributed by atoms with Crippen molar-refractivity contribution in [3.05, 3.63) is 98.1 Å². The van der Waals surface area contributed by atoms with E-state index in [0.717, 1.165) is 67.9 Å². The van der Waals surface area contributed by atoms with Gasteiger partial charge in [-0.25, -0.2) is 8.78 Å². The van der Waals surface area contributed by atoms with Gasteiger partial charge in [-0.05, 0) is 119 Å². The summed E-state index contributed by atoms with van der Waals surface area (Å²) in [6, 6.07) is 14.8. The van der Waals surface area contributed by atoms with Gasteiger partial charge in [-0.1, -0.05) is 29.8 Å². The average molecular weight is 797 g/mol. The molecule has 0 saturated carbocycles. The first-order chi connectivity index (χ1) is 27.4. The Morgan fingerprint density at radius 1 is 0.912 bits per heavy atom. The number of piperidine rings is 3. The first-order valence-electron chi connectivity index (χ1n) is 20.3. The number of hydrogen-bond donors (Lipinski definition) is 1. The van der Waals surface area contributed by atoms with E-state index in [1.54, 1.807) is 6.07 Å². The Kier molecular flexibility index (Phi) is 9.71. The Hall–Kier alpha value is -4.68. The van der Waals surface area contributed by atoms with Gasteiger partial charge in [0.25, 0.3) is 5.56 Å². The second-order valence-corrected chi connectivity index (χ2v) is 17.6. The number of likely N-dealkylation sites (tertiary alicyclic amines) is 2. The molecule has 0 spiro atoms. The average Bonchev–Trinajstić information content (AvgIpc) is 3.77. The van der Waals surface area contributed by atoms with Crippen LogP contribution in [-0.2, 0) is 19.8 Å². The number of rotatable bonds is 6. The Balaban J connectivity index is 0.778. The monoisotopic (exact) mass is 796 g/mol. The molecule has 2 atom stereocenters. The van der Waals surface area contributed by atoms with Crippen molar-refractivity contribution in [1.29, 1.82) is 0 Å². The van der Waals surface area contributed by atoms with Crippen LogP contribution in [0.1, 0.15) is 93.1 Å². The number of aromatic nitrogens is 2. The van der Waals surface area contributed by atoms with Crippen LogP contribution >= 0.6 is 11.6 Å². The van der Waals surface area contributed by atoms with Gasteiger partial charge in [-0.3, -0.25) is 29.1 Å². The maximum atomic E-state index is 15.2. The highest BCUT2D eigenvalue weighted by Crippen LogP contribution is 2.45. The summed E-state index contributed by atoms with van der Waals surface area (Å²) < 4.78 is 32.6. The third-order valence-corrected chi connectivity index (χ3v) is 13.7. The lowest BCUT2D eigenvalue weighted by molar-refractivity contribution is -0.136. The Morgan fingerprint density at radius 2 is 1.65 bits per heavy atom. The summed E-state index contributed by atoms with van der Waals surface area (Å²) in [4.78, 5) is 61.4. The van der Waals surface area contributed by atoms with Crippen LogP contribution in [0.5, 0.6) is 0 Å². The first kappa shape index (κ1) is 37.9. The normalized spacial score (nSPS) is 22.9. The predicted molar refractivity (Wildman–Crippen MR) is 214 cm³/mol. The van der Waals surface area contributed by atoms with Crippen LogP contribution in [0.2, 0.25) is 5.02 Å². The van der Waals surface area contributed by atoms with Gasteiger partial charge in [0, 0.05) is 50.4 Å². The minimum absolute atomic E-state index is 0.0366. The van der Waals surface area contributed by atoms with Crippen molar-refractivity contribution in [1.82, 2.24) is 24.7 Å². The second-order valence-electron chi connectivity index (χ2n) is 17.2. The summed E-state index contributed by atoms with van der Waals surface area (Å²) in [6.45, 7) is 9.64. The molecule has 3 amide bonds. The number of amides is 3. The van der Waals surface area contributed by atoms with Crippen LogP contribution in [0, 0.1) is 23.5 Å². The van der Waals surface area contributed by atoms with Gasteiger partial charge in [0.15, 0.2) is 0 Å². The molecule has 0 aliphatic carbocycles. The van der Waals surface area contributed by atoms with E-state index in [-0.39, 0.29) is 35.8 Å². The molecule has 5 aliphatic rings. The van der Waals surface area contributed by atoms with E-state index in [1.165, 1.54) is 17.7 Å². The number of hydrogen-bond acceptors (Lipinski definition) is 7. The van der Waals surface area contributed by atoms with Crippen molar-refractivity contribution in [2.24, 2.45) is 11.8 Å². The molecule has 6 heterocycles. The van der Waals surface area contributed by atoms with E-state index < -0.39 is 34.8 Å². The van der Waals surface area contributed by atoms with Gasteiger partial charge in [0.2, 0.25) is 17.7 Å². The number of nitrogens with zero attached hydrogens (tertiary/aromatic N) is 5. The van der Waals surface area contributed by atoms with Crippen LogP contribution in [0.25, 0.3) is 16.6 Å². The van der Waals surface area contributed by atoms with Crippen molar-refractivity contribution in [3.63, 3.8) is 0 Å². The highest BCUT2D eigenvalue weighted by Gasteiger charge is 2.40. The summed E-state index contributed by atoms with van der Waals surface area (Å²) in [5.41, 5.74) is 3.67. The van der Waals surface area contributed by atoms with Crippen molar-refractivity contribution in [2.75, 3.05) is 50.7 Å². The lowest BCUT2D eigenvalue weighted by Gasteiger charge is -2.38. The third-order valence-electron chi connectivity index (χ3n) is 13.4. The largest absolute Gasteiger partial charge is 0.371 e. The minimum atomic E-state index is -1.04. The van der Waals surface area contributed by atoms with E-state index in [1.807, 2.05) is 21.9 Å². The van der Waals surface area contributed by atoms with E-state index in [4.69, 9.17) is 11.6 Å². The van der Waals surface area contributed by atoms with E-state index in [0.29, 0.717) is 60.5 Å². The molecule has 1 N–H and O–H groups in total. The highest BCUT2D eigenvalue weighted by atomic mass is 35.5. The fourth-order valence-corrected chi connectivity index (χ4v) is 10.4. The zero-order chi connectivity index (χ0) is 39.7. The number of anilines is 1. The summed E-state index contributed by atoms with van der Waals surface area (Å²) in [7, 11) is 0. The van der Waals surface area contributed by atoms with Crippen LogP contribution < -0.4 is 15.8 Å². The molecule has 57 heavy (non-hydrogen) atoms. The second kappa shape index (κ2) is 14.6. The minimum Gasteiger partial charge on any atom is -0.371 e.